The SMILES string of the molecule is CCCCC/C=C\CC1OC1CCCCCCCC(=O)OC[C@H](O)COC(=O)CCCCCCCCCCCCC. The number of aliphatic hydroxyl groups excluding tert-OH is 1. The van der Waals surface area contributed by atoms with Crippen molar-refractivity contribution in [3.05, 3.63) is 12.2 Å². The van der Waals surface area contributed by atoms with Crippen molar-refractivity contribution in [1.29, 1.82) is 0 Å². The van der Waals surface area contributed by atoms with Gasteiger partial charge in [0.05, 0.1) is 12.2 Å². The van der Waals surface area contributed by atoms with E-state index in [1.165, 1.54) is 83.5 Å². The van der Waals surface area contributed by atoms with Gasteiger partial charge in [0.2, 0.25) is 0 Å². The molecule has 1 rings (SSSR count). The molecule has 0 aromatic rings. The summed E-state index contributed by atoms with van der Waals surface area (Å²) in [6, 6.07) is 0. The maximum absolute atomic E-state index is 11.9. The maximum atomic E-state index is 11.9. The van der Waals surface area contributed by atoms with Crippen molar-refractivity contribution in [2.75, 3.05) is 13.2 Å². The molecule has 240 valence electrons. The van der Waals surface area contributed by atoms with Gasteiger partial charge >= 0.3 is 11.9 Å². The van der Waals surface area contributed by atoms with Crippen molar-refractivity contribution in [3.8, 4) is 0 Å². The Kier molecular flexibility index (Phi) is 25.2. The number of carbonyl (C=O) groups is 2. The van der Waals surface area contributed by atoms with Crippen LogP contribution in [0, 0.1) is 0 Å². The first kappa shape index (κ1) is 37.6. The third-order valence-electron chi connectivity index (χ3n) is 7.92. The molecule has 1 fully saturated rings. The van der Waals surface area contributed by atoms with Crippen molar-refractivity contribution in [1.82, 2.24) is 0 Å². The van der Waals surface area contributed by atoms with E-state index in [-0.39, 0.29) is 25.2 Å². The monoisotopic (exact) mass is 580 g/mol. The molecule has 0 amide bonds. The summed E-state index contributed by atoms with van der Waals surface area (Å²) < 4.78 is 16.0. The molecule has 2 unspecified atom stereocenters. The van der Waals surface area contributed by atoms with Crippen molar-refractivity contribution in [2.24, 2.45) is 0 Å². The van der Waals surface area contributed by atoms with Crippen LogP contribution in [0.2, 0.25) is 0 Å². The smallest absolute Gasteiger partial charge is 0.305 e. The highest BCUT2D eigenvalue weighted by molar-refractivity contribution is 5.69. The van der Waals surface area contributed by atoms with Crippen molar-refractivity contribution >= 4 is 11.9 Å². The van der Waals surface area contributed by atoms with Gasteiger partial charge in [-0.2, -0.15) is 0 Å². The molecular formula is C35H64O6. The Hall–Kier alpha value is -1.40. The number of rotatable bonds is 30. The van der Waals surface area contributed by atoms with Crippen LogP contribution in [0.5, 0.6) is 0 Å². The predicted molar refractivity (Wildman–Crippen MR) is 168 cm³/mol. The minimum absolute atomic E-state index is 0.120. The molecule has 1 aliphatic rings. The summed E-state index contributed by atoms with van der Waals surface area (Å²) in [6.07, 6.45) is 31.4. The van der Waals surface area contributed by atoms with E-state index in [9.17, 15) is 14.7 Å². The second-order valence-corrected chi connectivity index (χ2v) is 12.0. The van der Waals surface area contributed by atoms with E-state index in [1.807, 2.05) is 0 Å². The number of ether oxygens (including phenoxy) is 3. The van der Waals surface area contributed by atoms with Crippen LogP contribution in [0.3, 0.4) is 0 Å². The standard InChI is InChI=1S/C35H64O6/c1-3-5-7-9-11-12-13-14-15-19-23-27-34(37)39-29-31(36)30-40-35(38)28-24-20-16-18-22-26-33-32(41-33)25-21-17-10-8-6-4-2/h17,21,31-33,36H,3-16,18-20,22-30H2,1-2H3/b21-17-/t31-,32?,33?/m1/s1. The first-order chi connectivity index (χ1) is 20.1. The highest BCUT2D eigenvalue weighted by Crippen LogP contribution is 2.30. The minimum Gasteiger partial charge on any atom is -0.463 e. The summed E-state index contributed by atoms with van der Waals surface area (Å²) in [5, 5.41) is 9.97. The van der Waals surface area contributed by atoms with Crippen LogP contribution in [0.1, 0.15) is 168 Å². The molecule has 0 aromatic carbocycles. The molecule has 0 spiro atoms. The van der Waals surface area contributed by atoms with Gasteiger partial charge in [-0.25, -0.2) is 0 Å². The molecule has 41 heavy (non-hydrogen) atoms. The highest BCUT2D eigenvalue weighted by atomic mass is 16.6. The Bertz CT molecular complexity index is 649. The summed E-state index contributed by atoms with van der Waals surface area (Å²) in [4.78, 5) is 23.8. The number of unbranched alkanes of at least 4 members (excludes halogenated alkanes) is 17. The van der Waals surface area contributed by atoms with Gasteiger partial charge in [0.1, 0.15) is 19.3 Å². The van der Waals surface area contributed by atoms with Gasteiger partial charge in [0.15, 0.2) is 0 Å². The maximum Gasteiger partial charge on any atom is 0.305 e. The summed E-state index contributed by atoms with van der Waals surface area (Å²) in [6.45, 7) is 4.23. The topological polar surface area (TPSA) is 85.4 Å². The summed E-state index contributed by atoms with van der Waals surface area (Å²) in [7, 11) is 0. The number of aliphatic hydroxyl groups is 1. The number of esters is 2. The lowest BCUT2D eigenvalue weighted by Crippen LogP contribution is -2.25. The summed E-state index contributed by atoms with van der Waals surface area (Å²) >= 11 is 0. The third-order valence-corrected chi connectivity index (χ3v) is 7.92. The number of allylic oxidation sites excluding steroid dienone is 1. The Labute approximate surface area is 252 Å². The summed E-state index contributed by atoms with van der Waals surface area (Å²) in [5.41, 5.74) is 0. The predicted octanol–water partition coefficient (Wildman–Crippen LogP) is 9.16. The van der Waals surface area contributed by atoms with Gasteiger partial charge in [-0.3, -0.25) is 9.59 Å². The van der Waals surface area contributed by atoms with Crippen LogP contribution in [0.15, 0.2) is 12.2 Å². The molecule has 1 saturated heterocycles. The lowest BCUT2D eigenvalue weighted by atomic mass is 10.1. The Morgan fingerprint density at radius 3 is 1.63 bits per heavy atom. The van der Waals surface area contributed by atoms with E-state index >= 15 is 0 Å². The van der Waals surface area contributed by atoms with Gasteiger partial charge < -0.3 is 19.3 Å². The zero-order valence-electron chi connectivity index (χ0n) is 26.8. The zero-order valence-corrected chi connectivity index (χ0v) is 26.8. The first-order valence-corrected chi connectivity index (χ1v) is 17.4. The van der Waals surface area contributed by atoms with Gasteiger partial charge in [0.25, 0.3) is 0 Å². The molecule has 1 aliphatic heterocycles. The lowest BCUT2D eigenvalue weighted by molar-refractivity contribution is -0.152. The van der Waals surface area contributed by atoms with Crippen molar-refractivity contribution in [2.45, 2.75) is 186 Å². The largest absolute Gasteiger partial charge is 0.463 e. The number of hydrogen-bond donors (Lipinski definition) is 1. The Balaban J connectivity index is 1.84. The molecule has 0 bridgehead atoms. The van der Waals surface area contributed by atoms with E-state index in [1.54, 1.807) is 0 Å². The van der Waals surface area contributed by atoms with Crippen molar-refractivity contribution in [3.63, 3.8) is 0 Å². The molecule has 6 nitrogen and oxygen atoms in total. The molecule has 1 N–H and O–H groups in total. The average Bonchev–Trinajstić information content (AvgIpc) is 3.72. The van der Waals surface area contributed by atoms with Crippen LogP contribution in [-0.2, 0) is 23.8 Å². The van der Waals surface area contributed by atoms with Crippen LogP contribution in [0.25, 0.3) is 0 Å². The second kappa shape index (κ2) is 27.4. The highest BCUT2D eigenvalue weighted by Gasteiger charge is 2.36. The molecule has 0 aliphatic carbocycles. The van der Waals surface area contributed by atoms with Gasteiger partial charge in [-0.15, -0.1) is 0 Å². The van der Waals surface area contributed by atoms with Gasteiger partial charge in [-0.05, 0) is 38.5 Å². The Morgan fingerprint density at radius 1 is 0.634 bits per heavy atom. The van der Waals surface area contributed by atoms with E-state index in [0.717, 1.165) is 57.8 Å². The quantitative estimate of drug-likeness (QED) is 0.0394. The van der Waals surface area contributed by atoms with E-state index in [0.29, 0.717) is 25.0 Å². The normalized spacial score (nSPS) is 17.1. The van der Waals surface area contributed by atoms with Crippen molar-refractivity contribution < 1.29 is 28.9 Å². The van der Waals surface area contributed by atoms with Crippen LogP contribution >= 0.6 is 0 Å². The first-order valence-electron chi connectivity index (χ1n) is 17.4. The van der Waals surface area contributed by atoms with E-state index < -0.39 is 6.10 Å². The van der Waals surface area contributed by atoms with Crippen LogP contribution in [-0.4, -0.2) is 48.6 Å². The summed E-state index contributed by atoms with van der Waals surface area (Å²) in [5.74, 6) is -0.585. The molecule has 0 radical (unpaired) electrons. The van der Waals surface area contributed by atoms with Gasteiger partial charge in [-0.1, -0.05) is 129 Å². The molecular weight excluding hydrogens is 516 g/mol. The lowest BCUT2D eigenvalue weighted by Gasteiger charge is -2.12. The third kappa shape index (κ3) is 24.9. The second-order valence-electron chi connectivity index (χ2n) is 12.0. The fourth-order valence-electron chi connectivity index (χ4n) is 5.15. The molecule has 3 atom stereocenters. The fraction of sp³-hybridized carbons (Fsp3) is 0.886. The van der Waals surface area contributed by atoms with Crippen LogP contribution in [0.4, 0.5) is 0 Å². The molecule has 1 heterocycles. The van der Waals surface area contributed by atoms with E-state index in [2.05, 4.69) is 26.0 Å². The van der Waals surface area contributed by atoms with Gasteiger partial charge in [0, 0.05) is 12.8 Å². The van der Waals surface area contributed by atoms with E-state index in [4.69, 9.17) is 14.2 Å². The molecule has 0 saturated carbocycles. The number of hydrogen-bond acceptors (Lipinski definition) is 6. The Morgan fingerprint density at radius 2 is 1.10 bits per heavy atom. The molecule has 6 heteroatoms. The number of carbonyl (C=O) groups excluding carboxylic acids is 2. The zero-order chi connectivity index (χ0) is 29.8. The molecule has 0 aromatic heterocycles. The number of epoxide rings is 1. The minimum atomic E-state index is -0.967. The average molecular weight is 581 g/mol. The van der Waals surface area contributed by atoms with Crippen LogP contribution < -0.4 is 0 Å². The fourth-order valence-corrected chi connectivity index (χ4v) is 5.15.